The molecule has 0 saturated carbocycles. The van der Waals surface area contributed by atoms with Crippen LogP contribution in [0.2, 0.25) is 0 Å². The summed E-state index contributed by atoms with van der Waals surface area (Å²) in [7, 11) is 0. The molecule has 0 amide bonds. The highest BCUT2D eigenvalue weighted by molar-refractivity contribution is 5.69. The van der Waals surface area contributed by atoms with E-state index >= 15 is 0 Å². The van der Waals surface area contributed by atoms with Crippen molar-refractivity contribution in [3.8, 4) is 12.3 Å². The Morgan fingerprint density at radius 3 is 2.42 bits per heavy atom. The molecule has 0 radical (unpaired) electrons. The summed E-state index contributed by atoms with van der Waals surface area (Å²) in [6.07, 6.45) is 11.2. The molecule has 0 aliphatic rings. The van der Waals surface area contributed by atoms with Gasteiger partial charge in [-0.25, -0.2) is 0 Å². The Morgan fingerprint density at radius 2 is 1.68 bits per heavy atom. The first-order valence-electron chi connectivity index (χ1n) is 7.05. The Morgan fingerprint density at radius 1 is 1.00 bits per heavy atom. The highest BCUT2D eigenvalue weighted by atomic mass is 16.6. The van der Waals surface area contributed by atoms with Crippen LogP contribution in [0, 0.1) is 12.3 Å². The minimum Gasteiger partial charge on any atom is -0.463 e. The van der Waals surface area contributed by atoms with E-state index in [1.165, 1.54) is 19.3 Å². The van der Waals surface area contributed by atoms with Crippen LogP contribution in [0.3, 0.4) is 0 Å². The summed E-state index contributed by atoms with van der Waals surface area (Å²) in [6, 6.07) is 0. The fourth-order valence-electron chi connectivity index (χ4n) is 1.51. The van der Waals surface area contributed by atoms with Crippen molar-refractivity contribution >= 4 is 5.97 Å². The molecule has 110 valence electrons. The number of hydrogen-bond donors (Lipinski definition) is 0. The molecule has 0 heterocycles. The van der Waals surface area contributed by atoms with Gasteiger partial charge in [0.05, 0.1) is 19.8 Å². The molecule has 0 fully saturated rings. The summed E-state index contributed by atoms with van der Waals surface area (Å²) < 4.78 is 15.3. The lowest BCUT2D eigenvalue weighted by Gasteiger charge is -2.06. The van der Waals surface area contributed by atoms with Crippen molar-refractivity contribution in [1.29, 1.82) is 0 Å². The number of unbranched alkanes of at least 4 members (excludes halogenated alkanes) is 4. The van der Waals surface area contributed by atoms with Crippen LogP contribution in [-0.2, 0) is 19.0 Å². The summed E-state index contributed by atoms with van der Waals surface area (Å²) in [5, 5.41) is 0. The normalized spacial score (nSPS) is 10.1. The monoisotopic (exact) mass is 270 g/mol. The molecule has 0 aliphatic heterocycles. The Labute approximate surface area is 116 Å². The molecular formula is C15H26O4. The lowest BCUT2D eigenvalue weighted by atomic mass is 10.1. The molecule has 0 spiro atoms. The van der Waals surface area contributed by atoms with Crippen molar-refractivity contribution in [3.63, 3.8) is 0 Å². The summed E-state index contributed by atoms with van der Waals surface area (Å²) in [4.78, 5) is 11.3. The lowest BCUT2D eigenvalue weighted by Crippen LogP contribution is -2.12. The van der Waals surface area contributed by atoms with Gasteiger partial charge in [0.1, 0.15) is 13.2 Å². The molecule has 4 nitrogen and oxygen atoms in total. The number of hydrogen-bond acceptors (Lipinski definition) is 4. The van der Waals surface area contributed by atoms with Gasteiger partial charge in [-0.1, -0.05) is 38.5 Å². The molecule has 19 heavy (non-hydrogen) atoms. The summed E-state index contributed by atoms with van der Waals surface area (Å²) in [6.45, 7) is 4.12. The van der Waals surface area contributed by atoms with Gasteiger partial charge in [0.15, 0.2) is 0 Å². The molecule has 0 aromatic rings. The average Bonchev–Trinajstić information content (AvgIpc) is 2.41. The van der Waals surface area contributed by atoms with Crippen molar-refractivity contribution in [2.24, 2.45) is 0 Å². The van der Waals surface area contributed by atoms with Crippen LogP contribution in [0.1, 0.15) is 45.4 Å². The fraction of sp³-hybridized carbons (Fsp3) is 0.800. The maximum atomic E-state index is 11.3. The van der Waals surface area contributed by atoms with E-state index < -0.39 is 0 Å². The van der Waals surface area contributed by atoms with Gasteiger partial charge in [0, 0.05) is 6.42 Å². The van der Waals surface area contributed by atoms with Crippen LogP contribution >= 0.6 is 0 Å². The van der Waals surface area contributed by atoms with Gasteiger partial charge in [-0.3, -0.25) is 4.79 Å². The van der Waals surface area contributed by atoms with E-state index in [9.17, 15) is 4.79 Å². The Bertz CT molecular complexity index is 245. The van der Waals surface area contributed by atoms with Crippen molar-refractivity contribution in [2.75, 3.05) is 33.0 Å². The number of rotatable bonds is 13. The van der Waals surface area contributed by atoms with E-state index in [2.05, 4.69) is 12.8 Å². The third-order valence-electron chi connectivity index (χ3n) is 2.53. The number of carbonyl (C=O) groups is 1. The zero-order valence-corrected chi connectivity index (χ0v) is 12.0. The first-order chi connectivity index (χ1) is 9.31. The van der Waals surface area contributed by atoms with Gasteiger partial charge >= 0.3 is 5.97 Å². The second-order valence-electron chi connectivity index (χ2n) is 4.25. The SMILES string of the molecule is C#CCOCCOCCOC(=O)CCCCCCC. The molecule has 0 N–H and O–H groups in total. The Balaban J connectivity index is 3.14. The van der Waals surface area contributed by atoms with E-state index in [1.807, 2.05) is 0 Å². The van der Waals surface area contributed by atoms with Gasteiger partial charge in [0.2, 0.25) is 0 Å². The second-order valence-corrected chi connectivity index (χ2v) is 4.25. The lowest BCUT2D eigenvalue weighted by molar-refractivity contribution is -0.145. The van der Waals surface area contributed by atoms with E-state index in [1.54, 1.807) is 0 Å². The zero-order chi connectivity index (χ0) is 14.2. The van der Waals surface area contributed by atoms with Gasteiger partial charge in [-0.2, -0.15) is 0 Å². The smallest absolute Gasteiger partial charge is 0.305 e. The molecular weight excluding hydrogens is 244 g/mol. The van der Waals surface area contributed by atoms with E-state index in [-0.39, 0.29) is 5.97 Å². The minimum absolute atomic E-state index is 0.135. The Kier molecular flexibility index (Phi) is 14.2. The Hall–Kier alpha value is -1.05. The molecule has 0 aromatic heterocycles. The number of carbonyl (C=O) groups excluding carboxylic acids is 1. The fourth-order valence-corrected chi connectivity index (χ4v) is 1.51. The van der Waals surface area contributed by atoms with Crippen LogP contribution in [0.5, 0.6) is 0 Å². The molecule has 0 aromatic carbocycles. The quantitative estimate of drug-likeness (QED) is 0.293. The van der Waals surface area contributed by atoms with Crippen molar-refractivity contribution in [3.05, 3.63) is 0 Å². The molecule has 0 atom stereocenters. The zero-order valence-electron chi connectivity index (χ0n) is 12.0. The molecule has 0 rings (SSSR count). The maximum absolute atomic E-state index is 11.3. The van der Waals surface area contributed by atoms with E-state index in [4.69, 9.17) is 20.6 Å². The first-order valence-corrected chi connectivity index (χ1v) is 7.05. The van der Waals surface area contributed by atoms with Crippen LogP contribution in [0.15, 0.2) is 0 Å². The predicted molar refractivity (Wildman–Crippen MR) is 74.8 cm³/mol. The van der Waals surface area contributed by atoms with Crippen LogP contribution in [0.4, 0.5) is 0 Å². The number of esters is 1. The second kappa shape index (κ2) is 15.0. The topological polar surface area (TPSA) is 44.8 Å². The van der Waals surface area contributed by atoms with Crippen LogP contribution in [-0.4, -0.2) is 39.0 Å². The van der Waals surface area contributed by atoms with Crippen molar-refractivity contribution in [1.82, 2.24) is 0 Å². The number of terminal acetylenes is 1. The molecule has 0 bridgehead atoms. The summed E-state index contributed by atoms with van der Waals surface area (Å²) in [5.41, 5.74) is 0. The first kappa shape index (κ1) is 17.9. The number of ether oxygens (including phenoxy) is 3. The van der Waals surface area contributed by atoms with Crippen molar-refractivity contribution in [2.45, 2.75) is 45.4 Å². The highest BCUT2D eigenvalue weighted by Crippen LogP contribution is 2.05. The van der Waals surface area contributed by atoms with Gasteiger partial charge in [0.25, 0.3) is 0 Å². The average molecular weight is 270 g/mol. The maximum Gasteiger partial charge on any atom is 0.305 e. The third-order valence-corrected chi connectivity index (χ3v) is 2.53. The minimum atomic E-state index is -0.135. The third kappa shape index (κ3) is 14.9. The van der Waals surface area contributed by atoms with Crippen LogP contribution < -0.4 is 0 Å². The largest absolute Gasteiger partial charge is 0.463 e. The summed E-state index contributed by atoms with van der Waals surface area (Å²) >= 11 is 0. The molecule has 0 unspecified atom stereocenters. The van der Waals surface area contributed by atoms with Gasteiger partial charge in [-0.15, -0.1) is 6.42 Å². The van der Waals surface area contributed by atoms with Gasteiger partial charge < -0.3 is 14.2 Å². The van der Waals surface area contributed by atoms with Crippen LogP contribution in [0.25, 0.3) is 0 Å². The van der Waals surface area contributed by atoms with E-state index in [0.29, 0.717) is 39.5 Å². The summed E-state index contributed by atoms with van der Waals surface area (Å²) in [5.74, 6) is 2.23. The van der Waals surface area contributed by atoms with Crippen molar-refractivity contribution < 1.29 is 19.0 Å². The molecule has 4 heteroatoms. The predicted octanol–water partition coefficient (Wildman–Crippen LogP) is 2.56. The standard InChI is InChI=1S/C15H26O4/c1-3-5-6-7-8-9-15(16)19-14-13-18-12-11-17-10-4-2/h2H,3,5-14H2,1H3. The molecule has 0 saturated heterocycles. The molecule has 0 aliphatic carbocycles. The van der Waals surface area contributed by atoms with E-state index in [0.717, 1.165) is 12.8 Å². The van der Waals surface area contributed by atoms with Gasteiger partial charge in [-0.05, 0) is 6.42 Å². The highest BCUT2D eigenvalue weighted by Gasteiger charge is 2.02.